The highest BCUT2D eigenvalue weighted by Crippen LogP contribution is 2.40. The lowest BCUT2D eigenvalue weighted by Gasteiger charge is -2.30. The molecule has 11 nitrogen and oxygen atoms in total. The van der Waals surface area contributed by atoms with Crippen molar-refractivity contribution >= 4 is 29.6 Å². The average molecular weight is 598 g/mol. The largest absolute Gasteiger partial charge is 0.507 e. The number of phenols is 1. The predicted octanol–water partition coefficient (Wildman–Crippen LogP) is 4.77. The number of nitro groups is 1. The van der Waals surface area contributed by atoms with Crippen molar-refractivity contribution in [1.82, 2.24) is 10.6 Å². The minimum Gasteiger partial charge on any atom is -0.507 e. The number of aromatic hydroxyl groups is 1. The van der Waals surface area contributed by atoms with Crippen LogP contribution in [0.4, 0.5) is 5.69 Å². The van der Waals surface area contributed by atoms with Crippen LogP contribution in [-0.4, -0.2) is 47.6 Å². The van der Waals surface area contributed by atoms with Crippen molar-refractivity contribution in [2.24, 2.45) is 0 Å². The molecule has 4 rings (SSSR count). The van der Waals surface area contributed by atoms with E-state index in [1.807, 2.05) is 30.3 Å². The summed E-state index contributed by atoms with van der Waals surface area (Å²) in [5, 5.41) is 27.1. The number of ether oxygens (including phenoxy) is 2. The van der Waals surface area contributed by atoms with Gasteiger partial charge in [0.25, 0.3) is 11.6 Å². The molecule has 3 N–H and O–H groups in total. The van der Waals surface area contributed by atoms with E-state index in [0.717, 1.165) is 5.56 Å². The summed E-state index contributed by atoms with van der Waals surface area (Å²) in [7, 11) is 0. The molecular weight excluding hydrogens is 566 g/mol. The van der Waals surface area contributed by atoms with Crippen LogP contribution in [0.3, 0.4) is 0 Å². The Kier molecular flexibility index (Phi) is 10.3. The molecule has 1 heterocycles. The molecule has 44 heavy (non-hydrogen) atoms. The van der Waals surface area contributed by atoms with Gasteiger partial charge in [0.05, 0.1) is 34.1 Å². The van der Waals surface area contributed by atoms with Gasteiger partial charge in [0.1, 0.15) is 19.0 Å². The van der Waals surface area contributed by atoms with Crippen molar-refractivity contribution in [3.63, 3.8) is 0 Å². The summed E-state index contributed by atoms with van der Waals surface area (Å²) in [5.41, 5.74) is 2.08. The van der Waals surface area contributed by atoms with E-state index in [2.05, 4.69) is 10.6 Å². The number of hydrogen-bond acceptors (Lipinski definition) is 9. The molecule has 0 bridgehead atoms. The third-order valence-electron chi connectivity index (χ3n) is 6.80. The smallest absolute Gasteiger partial charge is 0.337 e. The summed E-state index contributed by atoms with van der Waals surface area (Å²) in [4.78, 5) is 50.3. The van der Waals surface area contributed by atoms with E-state index in [0.29, 0.717) is 17.0 Å². The Balaban J connectivity index is 1.54. The Morgan fingerprint density at radius 3 is 2.27 bits per heavy atom. The van der Waals surface area contributed by atoms with Gasteiger partial charge in [-0.15, -0.1) is 0 Å². The quantitative estimate of drug-likeness (QED) is 0.123. The normalized spacial score (nSPS) is 14.6. The number of allylic oxidation sites excluding steroid dienone is 2. The lowest BCUT2D eigenvalue weighted by molar-refractivity contribution is -0.384. The number of nitrogens with zero attached hydrogens (tertiary/aromatic N) is 1. The summed E-state index contributed by atoms with van der Waals surface area (Å²) in [6.07, 6.45) is 3.48. The summed E-state index contributed by atoms with van der Waals surface area (Å²) in [5.74, 6) is -3.27. The molecule has 226 valence electrons. The second-order valence-electron chi connectivity index (χ2n) is 9.81. The average Bonchev–Trinajstić information content (AvgIpc) is 3.01. The number of carbonyl (C=O) groups is 3. The van der Waals surface area contributed by atoms with E-state index < -0.39 is 28.7 Å². The number of phenolic OH excluding ortho intramolecular Hbond substituents is 1. The summed E-state index contributed by atoms with van der Waals surface area (Å²) < 4.78 is 11.0. The van der Waals surface area contributed by atoms with Gasteiger partial charge in [0.2, 0.25) is 0 Å². The third-order valence-corrected chi connectivity index (χ3v) is 6.80. The van der Waals surface area contributed by atoms with E-state index in [9.17, 15) is 29.6 Å². The fourth-order valence-electron chi connectivity index (χ4n) is 4.78. The van der Waals surface area contributed by atoms with Crippen LogP contribution in [-0.2, 0) is 19.1 Å². The van der Waals surface area contributed by atoms with Crippen molar-refractivity contribution in [2.45, 2.75) is 19.8 Å². The molecular formula is C33H31N3O8. The van der Waals surface area contributed by atoms with E-state index in [4.69, 9.17) is 9.47 Å². The molecule has 0 spiro atoms. The molecule has 0 aliphatic carbocycles. The van der Waals surface area contributed by atoms with Crippen molar-refractivity contribution < 1.29 is 33.9 Å². The number of para-hydroxylation sites is 1. The molecule has 0 radical (unpaired) electrons. The first-order valence-corrected chi connectivity index (χ1v) is 13.7. The number of benzene rings is 3. The number of esters is 2. The topological polar surface area (TPSA) is 157 Å². The lowest BCUT2D eigenvalue weighted by atomic mass is 9.80. The Labute approximate surface area is 253 Å². The maximum Gasteiger partial charge on any atom is 0.337 e. The fraction of sp³-hybridized carbons (Fsp3) is 0.182. The summed E-state index contributed by atoms with van der Waals surface area (Å²) >= 11 is 0. The number of dihydropyridines is 1. The van der Waals surface area contributed by atoms with Crippen molar-refractivity contribution in [3.8, 4) is 5.75 Å². The van der Waals surface area contributed by atoms with Gasteiger partial charge in [0.15, 0.2) is 0 Å². The monoisotopic (exact) mass is 597 g/mol. The maximum absolute atomic E-state index is 13.5. The van der Waals surface area contributed by atoms with Gasteiger partial charge in [-0.1, -0.05) is 60.7 Å². The number of non-ortho nitro benzene ring substituents is 1. The number of hydrogen-bond donors (Lipinski definition) is 3. The number of carbonyl (C=O) groups excluding carboxylic acids is 3. The van der Waals surface area contributed by atoms with Crippen LogP contribution in [0.2, 0.25) is 0 Å². The van der Waals surface area contributed by atoms with Gasteiger partial charge >= 0.3 is 11.9 Å². The molecule has 1 atom stereocenters. The zero-order valence-electron chi connectivity index (χ0n) is 24.1. The number of nitro benzene ring substituents is 1. The molecule has 1 amide bonds. The molecule has 1 unspecified atom stereocenters. The number of amides is 1. The standard InChI is InChI=1S/C33H31N3O8/c1-21-28(32(39)43-18-9-12-23-10-4-3-5-11-23)30(24-13-8-14-25(20-24)36(41)42)29(22(2)35-21)33(40)44-19-17-34-31(38)26-15-6-7-16-27(26)37/h3-16,20,30,35,37H,17-19H2,1-2H3,(H,34,38). The molecule has 1 aliphatic rings. The van der Waals surface area contributed by atoms with Crippen molar-refractivity contribution in [1.29, 1.82) is 0 Å². The van der Waals surface area contributed by atoms with Crippen LogP contribution in [0.1, 0.15) is 41.3 Å². The van der Waals surface area contributed by atoms with Gasteiger partial charge in [-0.25, -0.2) is 9.59 Å². The van der Waals surface area contributed by atoms with Crippen molar-refractivity contribution in [3.05, 3.63) is 134 Å². The minimum atomic E-state index is -1.04. The van der Waals surface area contributed by atoms with Crippen molar-refractivity contribution in [2.75, 3.05) is 19.8 Å². The number of rotatable bonds is 11. The second-order valence-corrected chi connectivity index (χ2v) is 9.81. The van der Waals surface area contributed by atoms with E-state index in [1.165, 1.54) is 30.3 Å². The second kappa shape index (κ2) is 14.5. The zero-order chi connectivity index (χ0) is 31.6. The molecule has 3 aromatic carbocycles. The Morgan fingerprint density at radius 2 is 1.59 bits per heavy atom. The molecule has 0 saturated carbocycles. The van der Waals surface area contributed by atoms with Crippen LogP contribution in [0.25, 0.3) is 6.08 Å². The molecule has 11 heteroatoms. The zero-order valence-corrected chi connectivity index (χ0v) is 24.1. The van der Waals surface area contributed by atoms with Crippen LogP contribution < -0.4 is 10.6 Å². The molecule has 1 aliphatic heterocycles. The highest BCUT2D eigenvalue weighted by molar-refractivity contribution is 6.00. The summed E-state index contributed by atoms with van der Waals surface area (Å²) in [6, 6.07) is 21.2. The highest BCUT2D eigenvalue weighted by atomic mass is 16.6. The molecule has 3 aromatic rings. The van der Waals surface area contributed by atoms with Gasteiger partial charge in [-0.3, -0.25) is 14.9 Å². The lowest BCUT2D eigenvalue weighted by Crippen LogP contribution is -2.34. The third kappa shape index (κ3) is 7.57. The molecule has 0 aromatic heterocycles. The van der Waals surface area contributed by atoms with E-state index >= 15 is 0 Å². The predicted molar refractivity (Wildman–Crippen MR) is 162 cm³/mol. The molecule has 0 saturated heterocycles. The van der Waals surface area contributed by atoms with Crippen LogP contribution >= 0.6 is 0 Å². The summed E-state index contributed by atoms with van der Waals surface area (Å²) in [6.45, 7) is 2.96. The van der Waals surface area contributed by atoms with E-state index in [-0.39, 0.29) is 47.9 Å². The first-order chi connectivity index (χ1) is 21.2. The van der Waals surface area contributed by atoms with Crippen LogP contribution in [0.5, 0.6) is 5.75 Å². The minimum absolute atomic E-state index is 0.0503. The first kappa shape index (κ1) is 31.2. The van der Waals surface area contributed by atoms with Crippen LogP contribution in [0.15, 0.2) is 107 Å². The van der Waals surface area contributed by atoms with Gasteiger partial charge in [-0.05, 0) is 43.2 Å². The van der Waals surface area contributed by atoms with Gasteiger partial charge in [0, 0.05) is 23.5 Å². The Morgan fingerprint density at radius 1 is 0.932 bits per heavy atom. The highest BCUT2D eigenvalue weighted by Gasteiger charge is 2.38. The van der Waals surface area contributed by atoms with Crippen LogP contribution in [0, 0.1) is 10.1 Å². The molecule has 0 fully saturated rings. The first-order valence-electron chi connectivity index (χ1n) is 13.7. The Hall–Kier alpha value is -5.71. The SMILES string of the molecule is CC1=C(C(=O)OCC=Cc2ccccc2)C(c2cccc([N+](=O)[O-])c2)C(C(=O)OCCNC(=O)c2ccccc2O)=C(C)N1. The van der Waals surface area contributed by atoms with Gasteiger partial charge in [-0.2, -0.15) is 0 Å². The van der Waals surface area contributed by atoms with Gasteiger partial charge < -0.3 is 25.2 Å². The fourth-order valence-corrected chi connectivity index (χ4v) is 4.78. The Bertz CT molecular complexity index is 1660. The number of nitrogens with one attached hydrogen (secondary N) is 2. The maximum atomic E-state index is 13.5. The van der Waals surface area contributed by atoms with E-state index in [1.54, 1.807) is 44.2 Å².